The Kier molecular flexibility index (Phi) is 4.29. The van der Waals surface area contributed by atoms with Crippen LogP contribution in [0.3, 0.4) is 0 Å². The maximum absolute atomic E-state index is 14.3. The van der Waals surface area contributed by atoms with E-state index in [1.54, 1.807) is 6.92 Å². The third-order valence-corrected chi connectivity index (χ3v) is 3.98. The molecule has 0 aliphatic carbocycles. The number of hydrogen-bond donors (Lipinski definition) is 1. The highest BCUT2D eigenvalue weighted by atomic mass is 19.4. The summed E-state index contributed by atoms with van der Waals surface area (Å²) in [4.78, 5) is 23.7. The lowest BCUT2D eigenvalue weighted by molar-refractivity contribution is -0.138. The van der Waals surface area contributed by atoms with Gasteiger partial charge in [-0.25, -0.2) is 19.3 Å². The summed E-state index contributed by atoms with van der Waals surface area (Å²) in [5.41, 5.74) is -0.684. The summed E-state index contributed by atoms with van der Waals surface area (Å²) >= 11 is 0. The van der Waals surface area contributed by atoms with Crippen LogP contribution in [-0.2, 0) is 6.18 Å². The molecule has 0 aliphatic heterocycles. The fourth-order valence-corrected chi connectivity index (χ4v) is 2.62. The fourth-order valence-electron chi connectivity index (χ4n) is 2.62. The Morgan fingerprint density at radius 1 is 1.17 bits per heavy atom. The van der Waals surface area contributed by atoms with Crippen molar-refractivity contribution < 1.29 is 26.8 Å². The minimum atomic E-state index is -4.57. The van der Waals surface area contributed by atoms with Gasteiger partial charge in [0, 0.05) is 36.8 Å². The number of nitrogens with one attached hydrogen (secondary N) is 1. The summed E-state index contributed by atoms with van der Waals surface area (Å²) in [5.74, 6) is -0.998. The van der Waals surface area contributed by atoms with E-state index < -0.39 is 23.5 Å². The Morgan fingerprint density at radius 3 is 2.66 bits per heavy atom. The number of carbonyl (C=O) groups is 1. The SMILES string of the molecule is Cc1ncc(C(=O)Nc2ccc(F)c(-c3cn4cc(C(F)(F)F)cnc4n3)c2)o1. The number of oxazole rings is 1. The van der Waals surface area contributed by atoms with Crippen molar-refractivity contribution in [3.63, 3.8) is 0 Å². The largest absolute Gasteiger partial charge is 0.436 e. The summed E-state index contributed by atoms with van der Waals surface area (Å²) < 4.78 is 59.0. The van der Waals surface area contributed by atoms with Crippen molar-refractivity contribution >= 4 is 17.4 Å². The van der Waals surface area contributed by atoms with Gasteiger partial charge in [-0.3, -0.25) is 9.20 Å². The summed E-state index contributed by atoms with van der Waals surface area (Å²) in [5, 5.41) is 2.53. The zero-order valence-electron chi connectivity index (χ0n) is 14.7. The molecular weight excluding hydrogens is 394 g/mol. The van der Waals surface area contributed by atoms with Crippen LogP contribution in [-0.4, -0.2) is 25.3 Å². The third kappa shape index (κ3) is 3.66. The number of carbonyl (C=O) groups excluding carboxylic acids is 1. The zero-order chi connectivity index (χ0) is 20.8. The number of rotatable bonds is 3. The molecule has 11 heteroatoms. The second-order valence-corrected chi connectivity index (χ2v) is 6.07. The minimum absolute atomic E-state index is 0.0180. The molecule has 1 amide bonds. The quantitative estimate of drug-likeness (QED) is 0.519. The van der Waals surface area contributed by atoms with Gasteiger partial charge in [-0.2, -0.15) is 13.2 Å². The molecule has 0 saturated heterocycles. The van der Waals surface area contributed by atoms with Gasteiger partial charge in [0.1, 0.15) is 5.82 Å². The maximum Gasteiger partial charge on any atom is 0.419 e. The third-order valence-electron chi connectivity index (χ3n) is 3.98. The van der Waals surface area contributed by atoms with Gasteiger partial charge in [0.15, 0.2) is 5.89 Å². The Bertz CT molecular complexity index is 1230. The van der Waals surface area contributed by atoms with Crippen molar-refractivity contribution in [2.75, 3.05) is 5.32 Å². The molecule has 0 bridgehead atoms. The standard InChI is InChI=1S/C18H11F4N5O2/c1-9-23-6-15(29-9)16(28)25-11-2-3-13(19)12(4-11)14-8-27-7-10(18(20,21)22)5-24-17(27)26-14/h2-8H,1H3,(H,25,28). The van der Waals surface area contributed by atoms with Crippen molar-refractivity contribution in [2.24, 2.45) is 0 Å². The van der Waals surface area contributed by atoms with E-state index in [1.807, 2.05) is 0 Å². The van der Waals surface area contributed by atoms with Gasteiger partial charge in [-0.1, -0.05) is 0 Å². The molecule has 0 saturated carbocycles. The maximum atomic E-state index is 14.3. The number of halogens is 4. The van der Waals surface area contributed by atoms with Crippen LogP contribution in [0.2, 0.25) is 0 Å². The molecular formula is C18H11F4N5O2. The number of benzene rings is 1. The Hall–Kier alpha value is -3.76. The normalized spacial score (nSPS) is 11.8. The lowest BCUT2D eigenvalue weighted by Crippen LogP contribution is -2.11. The first-order valence-corrected chi connectivity index (χ1v) is 8.16. The van der Waals surface area contributed by atoms with Crippen LogP contribution < -0.4 is 5.32 Å². The molecule has 0 spiro atoms. The Morgan fingerprint density at radius 2 is 1.97 bits per heavy atom. The molecule has 1 N–H and O–H groups in total. The first kappa shape index (κ1) is 18.6. The van der Waals surface area contributed by atoms with Crippen LogP contribution in [0.4, 0.5) is 23.2 Å². The van der Waals surface area contributed by atoms with Crippen LogP contribution in [0, 0.1) is 12.7 Å². The van der Waals surface area contributed by atoms with Gasteiger partial charge < -0.3 is 9.73 Å². The first-order chi connectivity index (χ1) is 13.7. The van der Waals surface area contributed by atoms with Crippen LogP contribution in [0.5, 0.6) is 0 Å². The Balaban J connectivity index is 1.67. The number of aromatic nitrogens is 4. The van der Waals surface area contributed by atoms with E-state index in [9.17, 15) is 22.4 Å². The van der Waals surface area contributed by atoms with E-state index >= 15 is 0 Å². The minimum Gasteiger partial charge on any atom is -0.436 e. The molecule has 1 aromatic carbocycles. The van der Waals surface area contributed by atoms with Gasteiger partial charge >= 0.3 is 6.18 Å². The molecule has 0 atom stereocenters. The van der Waals surface area contributed by atoms with Crippen molar-refractivity contribution in [1.29, 1.82) is 0 Å². The summed E-state index contributed by atoms with van der Waals surface area (Å²) in [6.07, 6.45) is -0.629. The monoisotopic (exact) mass is 405 g/mol. The Labute approximate surface area is 160 Å². The smallest absolute Gasteiger partial charge is 0.419 e. The van der Waals surface area contributed by atoms with Gasteiger partial charge in [0.05, 0.1) is 17.5 Å². The number of aryl methyl sites for hydroxylation is 1. The average molecular weight is 405 g/mol. The van der Waals surface area contributed by atoms with E-state index in [4.69, 9.17) is 4.42 Å². The summed E-state index contributed by atoms with van der Waals surface area (Å²) in [6.45, 7) is 1.58. The van der Waals surface area contributed by atoms with Gasteiger partial charge in [-0.15, -0.1) is 0 Å². The molecule has 3 aromatic heterocycles. The second kappa shape index (κ2) is 6.69. The summed E-state index contributed by atoms with van der Waals surface area (Å²) in [7, 11) is 0. The van der Waals surface area contributed by atoms with Gasteiger partial charge in [-0.05, 0) is 18.2 Å². The highest BCUT2D eigenvalue weighted by Gasteiger charge is 2.31. The molecule has 0 aliphatic rings. The van der Waals surface area contributed by atoms with E-state index in [0.717, 1.165) is 16.7 Å². The van der Waals surface area contributed by atoms with Crippen LogP contribution >= 0.6 is 0 Å². The highest BCUT2D eigenvalue weighted by Crippen LogP contribution is 2.30. The number of anilines is 1. The van der Waals surface area contributed by atoms with Gasteiger partial charge in [0.25, 0.3) is 5.91 Å². The molecule has 0 fully saturated rings. The highest BCUT2D eigenvalue weighted by molar-refractivity contribution is 6.02. The van der Waals surface area contributed by atoms with Gasteiger partial charge in [0.2, 0.25) is 11.5 Å². The second-order valence-electron chi connectivity index (χ2n) is 6.07. The summed E-state index contributed by atoms with van der Waals surface area (Å²) in [6, 6.07) is 3.74. The predicted octanol–water partition coefficient (Wildman–Crippen LogP) is 4.10. The number of imidazole rings is 1. The predicted molar refractivity (Wildman–Crippen MR) is 92.6 cm³/mol. The van der Waals surface area contributed by atoms with Crippen LogP contribution in [0.15, 0.2) is 47.4 Å². The molecule has 7 nitrogen and oxygen atoms in total. The first-order valence-electron chi connectivity index (χ1n) is 8.16. The molecule has 148 valence electrons. The number of alkyl halides is 3. The van der Waals surface area contributed by atoms with Crippen LogP contribution in [0.1, 0.15) is 22.0 Å². The van der Waals surface area contributed by atoms with Crippen molar-refractivity contribution in [3.05, 3.63) is 66.0 Å². The van der Waals surface area contributed by atoms with Crippen molar-refractivity contribution in [2.45, 2.75) is 13.1 Å². The number of nitrogens with zero attached hydrogens (tertiary/aromatic N) is 4. The van der Waals surface area contributed by atoms with E-state index in [0.29, 0.717) is 12.1 Å². The lowest BCUT2D eigenvalue weighted by atomic mass is 10.1. The van der Waals surface area contributed by atoms with Crippen LogP contribution in [0.25, 0.3) is 17.0 Å². The van der Waals surface area contributed by atoms with E-state index in [1.165, 1.54) is 24.5 Å². The lowest BCUT2D eigenvalue weighted by Gasteiger charge is -2.06. The number of hydrogen-bond acceptors (Lipinski definition) is 5. The van der Waals surface area contributed by atoms with E-state index in [-0.39, 0.29) is 28.5 Å². The average Bonchev–Trinajstić information content (AvgIpc) is 3.28. The number of amides is 1. The van der Waals surface area contributed by atoms with Crippen molar-refractivity contribution in [3.8, 4) is 11.3 Å². The van der Waals surface area contributed by atoms with Crippen molar-refractivity contribution in [1.82, 2.24) is 19.4 Å². The molecule has 29 heavy (non-hydrogen) atoms. The molecule has 0 unspecified atom stereocenters. The zero-order valence-corrected chi connectivity index (χ0v) is 14.7. The molecule has 0 radical (unpaired) electrons. The number of fused-ring (bicyclic) bond motifs is 1. The molecule has 4 rings (SSSR count). The van der Waals surface area contributed by atoms with E-state index in [2.05, 4.69) is 20.3 Å². The topological polar surface area (TPSA) is 85.3 Å². The molecule has 4 aromatic rings. The fraction of sp³-hybridized carbons (Fsp3) is 0.111. The molecule has 3 heterocycles.